The molecule has 0 unspecified atom stereocenters. The van der Waals surface area contributed by atoms with E-state index in [-0.39, 0.29) is 11.9 Å². The smallest absolute Gasteiger partial charge is 0.266 e. The van der Waals surface area contributed by atoms with Crippen LogP contribution in [0.4, 0.5) is 0 Å². The van der Waals surface area contributed by atoms with Crippen LogP contribution in [-0.2, 0) is 6.42 Å². The number of thiazole rings is 1. The fourth-order valence-electron chi connectivity index (χ4n) is 2.36. The average Bonchev–Trinajstić information content (AvgIpc) is 2.93. The van der Waals surface area contributed by atoms with E-state index in [2.05, 4.69) is 4.98 Å². The summed E-state index contributed by atoms with van der Waals surface area (Å²) in [5, 5.41) is 0.999. The molecule has 118 valence electrons. The van der Waals surface area contributed by atoms with E-state index in [1.165, 1.54) is 11.3 Å². The van der Waals surface area contributed by atoms with Crippen LogP contribution in [0, 0.1) is 6.92 Å². The highest BCUT2D eigenvalue weighted by atomic mass is 32.1. The van der Waals surface area contributed by atoms with Gasteiger partial charge < -0.3 is 9.64 Å². The lowest BCUT2D eigenvalue weighted by molar-refractivity contribution is 0.0745. The summed E-state index contributed by atoms with van der Waals surface area (Å²) >= 11 is 1.48. The molecule has 2 aromatic rings. The van der Waals surface area contributed by atoms with Gasteiger partial charge in [-0.1, -0.05) is 25.1 Å². The molecule has 0 radical (unpaired) electrons. The topological polar surface area (TPSA) is 42.4 Å². The SMILES string of the molecule is CCc1nc(C)c(C(=O)N(C)[C@H](C)c2ccccc2OC)s1. The second kappa shape index (κ2) is 6.92. The van der Waals surface area contributed by atoms with Crippen LogP contribution < -0.4 is 4.74 Å². The molecule has 1 aromatic carbocycles. The van der Waals surface area contributed by atoms with Gasteiger partial charge in [0.25, 0.3) is 5.91 Å². The maximum absolute atomic E-state index is 12.8. The maximum atomic E-state index is 12.8. The number of carbonyl (C=O) groups is 1. The Labute approximate surface area is 135 Å². The van der Waals surface area contributed by atoms with Crippen molar-refractivity contribution in [3.05, 3.63) is 45.4 Å². The summed E-state index contributed by atoms with van der Waals surface area (Å²) in [5.74, 6) is 0.804. The molecule has 0 aliphatic heterocycles. The lowest BCUT2D eigenvalue weighted by atomic mass is 10.1. The number of carbonyl (C=O) groups excluding carboxylic acids is 1. The highest BCUT2D eigenvalue weighted by Crippen LogP contribution is 2.30. The second-order valence-electron chi connectivity index (χ2n) is 5.21. The Kier molecular flexibility index (Phi) is 5.19. The van der Waals surface area contributed by atoms with Gasteiger partial charge in [0.1, 0.15) is 10.6 Å². The molecule has 0 bridgehead atoms. The third-order valence-corrected chi connectivity index (χ3v) is 5.12. The first-order valence-electron chi connectivity index (χ1n) is 7.36. The molecule has 1 aromatic heterocycles. The number of rotatable bonds is 5. The molecule has 0 saturated heterocycles. The molecule has 0 saturated carbocycles. The molecule has 0 spiro atoms. The molecule has 5 heteroatoms. The van der Waals surface area contributed by atoms with Gasteiger partial charge in [0.05, 0.1) is 23.9 Å². The van der Waals surface area contributed by atoms with E-state index in [1.54, 1.807) is 12.0 Å². The summed E-state index contributed by atoms with van der Waals surface area (Å²) in [5.41, 5.74) is 1.81. The van der Waals surface area contributed by atoms with E-state index < -0.39 is 0 Å². The molecule has 0 aliphatic carbocycles. The number of amides is 1. The van der Waals surface area contributed by atoms with Gasteiger partial charge in [0.15, 0.2) is 0 Å². The van der Waals surface area contributed by atoms with E-state index in [9.17, 15) is 4.79 Å². The van der Waals surface area contributed by atoms with Crippen LogP contribution in [0.1, 0.15) is 45.8 Å². The first-order chi connectivity index (χ1) is 10.5. The fraction of sp³-hybridized carbons (Fsp3) is 0.412. The predicted molar refractivity (Wildman–Crippen MR) is 89.7 cm³/mol. The minimum absolute atomic E-state index is 0.00751. The molecular weight excluding hydrogens is 296 g/mol. The van der Waals surface area contributed by atoms with Crippen molar-refractivity contribution in [2.75, 3.05) is 14.2 Å². The highest BCUT2D eigenvalue weighted by Gasteiger charge is 2.24. The minimum atomic E-state index is -0.0739. The third-order valence-electron chi connectivity index (χ3n) is 3.83. The molecule has 1 atom stereocenters. The lowest BCUT2D eigenvalue weighted by Gasteiger charge is -2.26. The van der Waals surface area contributed by atoms with E-state index >= 15 is 0 Å². The van der Waals surface area contributed by atoms with E-state index in [0.717, 1.165) is 33.3 Å². The Bertz CT molecular complexity index is 666. The van der Waals surface area contributed by atoms with Crippen LogP contribution in [0.5, 0.6) is 5.75 Å². The molecule has 2 rings (SSSR count). The Hall–Kier alpha value is -1.88. The zero-order chi connectivity index (χ0) is 16.3. The second-order valence-corrected chi connectivity index (χ2v) is 6.29. The normalized spacial score (nSPS) is 12.0. The van der Waals surface area contributed by atoms with Gasteiger partial charge in [-0.25, -0.2) is 4.98 Å². The number of aromatic nitrogens is 1. The summed E-state index contributed by atoms with van der Waals surface area (Å²) in [6.07, 6.45) is 0.852. The first kappa shape index (κ1) is 16.5. The fourth-order valence-corrected chi connectivity index (χ4v) is 3.35. The van der Waals surface area contributed by atoms with Gasteiger partial charge in [-0.3, -0.25) is 4.79 Å². The van der Waals surface area contributed by atoms with Crippen molar-refractivity contribution in [3.63, 3.8) is 0 Å². The summed E-state index contributed by atoms with van der Waals surface area (Å²) in [4.78, 5) is 19.7. The number of para-hydroxylation sites is 1. The monoisotopic (exact) mass is 318 g/mol. The number of benzene rings is 1. The lowest BCUT2D eigenvalue weighted by Crippen LogP contribution is -2.29. The quantitative estimate of drug-likeness (QED) is 0.841. The van der Waals surface area contributed by atoms with Gasteiger partial charge in [-0.2, -0.15) is 0 Å². The number of hydrogen-bond acceptors (Lipinski definition) is 4. The Morgan fingerprint density at radius 3 is 2.68 bits per heavy atom. The van der Waals surface area contributed by atoms with E-state index in [4.69, 9.17) is 4.74 Å². The molecule has 4 nitrogen and oxygen atoms in total. The number of nitrogens with zero attached hydrogens (tertiary/aromatic N) is 2. The van der Waals surface area contributed by atoms with Crippen LogP contribution in [0.25, 0.3) is 0 Å². The zero-order valence-corrected chi connectivity index (χ0v) is 14.5. The van der Waals surface area contributed by atoms with Crippen molar-refractivity contribution in [2.24, 2.45) is 0 Å². The van der Waals surface area contributed by atoms with Gasteiger partial charge in [-0.05, 0) is 26.3 Å². The van der Waals surface area contributed by atoms with E-state index in [0.29, 0.717) is 0 Å². The molecule has 0 N–H and O–H groups in total. The van der Waals surface area contributed by atoms with Gasteiger partial charge >= 0.3 is 0 Å². The number of hydrogen-bond donors (Lipinski definition) is 0. The standard InChI is InChI=1S/C17H22N2O2S/c1-6-15-18-11(2)16(22-15)17(20)19(4)12(3)13-9-7-8-10-14(13)21-5/h7-10,12H,6H2,1-5H3/t12-/m1/s1. The molecule has 22 heavy (non-hydrogen) atoms. The van der Waals surface area contributed by atoms with Crippen molar-refractivity contribution in [1.82, 2.24) is 9.88 Å². The largest absolute Gasteiger partial charge is 0.496 e. The van der Waals surface area contributed by atoms with Crippen molar-refractivity contribution >= 4 is 17.2 Å². The molecule has 0 aliphatic rings. The van der Waals surface area contributed by atoms with Crippen LogP contribution in [0.3, 0.4) is 0 Å². The Balaban J connectivity index is 2.28. The summed E-state index contributed by atoms with van der Waals surface area (Å²) in [7, 11) is 3.47. The zero-order valence-electron chi connectivity index (χ0n) is 13.7. The third kappa shape index (κ3) is 3.14. The van der Waals surface area contributed by atoms with Gasteiger partial charge in [-0.15, -0.1) is 11.3 Å². The number of aryl methyl sites for hydroxylation is 2. The Morgan fingerprint density at radius 2 is 2.09 bits per heavy atom. The maximum Gasteiger partial charge on any atom is 0.266 e. The van der Waals surface area contributed by atoms with Crippen molar-refractivity contribution in [3.8, 4) is 5.75 Å². The van der Waals surface area contributed by atoms with Gasteiger partial charge in [0, 0.05) is 12.6 Å². The minimum Gasteiger partial charge on any atom is -0.496 e. The number of ether oxygens (including phenoxy) is 1. The average molecular weight is 318 g/mol. The summed E-state index contributed by atoms with van der Waals surface area (Å²) < 4.78 is 5.40. The summed E-state index contributed by atoms with van der Waals surface area (Å²) in [6.45, 7) is 5.95. The van der Waals surface area contributed by atoms with Crippen molar-refractivity contribution < 1.29 is 9.53 Å². The summed E-state index contributed by atoms with van der Waals surface area (Å²) in [6, 6.07) is 7.72. The van der Waals surface area contributed by atoms with Crippen molar-refractivity contribution in [2.45, 2.75) is 33.2 Å². The Morgan fingerprint density at radius 1 is 1.41 bits per heavy atom. The highest BCUT2D eigenvalue weighted by molar-refractivity contribution is 7.13. The van der Waals surface area contributed by atoms with Crippen LogP contribution in [-0.4, -0.2) is 29.9 Å². The first-order valence-corrected chi connectivity index (χ1v) is 8.17. The van der Waals surface area contributed by atoms with Gasteiger partial charge in [0.2, 0.25) is 0 Å². The van der Waals surface area contributed by atoms with Crippen LogP contribution >= 0.6 is 11.3 Å². The van der Waals surface area contributed by atoms with Crippen LogP contribution in [0.15, 0.2) is 24.3 Å². The molecule has 1 heterocycles. The molecule has 0 fully saturated rings. The molecular formula is C17H22N2O2S. The predicted octanol–water partition coefficient (Wildman–Crippen LogP) is 3.86. The number of methoxy groups -OCH3 is 1. The van der Waals surface area contributed by atoms with Crippen molar-refractivity contribution in [1.29, 1.82) is 0 Å². The van der Waals surface area contributed by atoms with Crippen LogP contribution in [0.2, 0.25) is 0 Å². The molecule has 1 amide bonds. The van der Waals surface area contributed by atoms with E-state index in [1.807, 2.05) is 52.1 Å².